The van der Waals surface area contributed by atoms with E-state index >= 15 is 0 Å². The van der Waals surface area contributed by atoms with Crippen LogP contribution < -0.4 is 9.80 Å². The van der Waals surface area contributed by atoms with Crippen LogP contribution in [-0.2, 0) is 10.8 Å². The van der Waals surface area contributed by atoms with Gasteiger partial charge in [0.25, 0.3) is 0 Å². The molecule has 1 spiro atoms. The molecule has 0 heterocycles. The summed E-state index contributed by atoms with van der Waals surface area (Å²) >= 11 is 0. The fourth-order valence-corrected chi connectivity index (χ4v) is 14.5. The van der Waals surface area contributed by atoms with Gasteiger partial charge in [-0.1, -0.05) is 221 Å². The van der Waals surface area contributed by atoms with Crippen molar-refractivity contribution < 1.29 is 0 Å². The molecule has 0 bridgehead atoms. The van der Waals surface area contributed by atoms with E-state index in [0.717, 1.165) is 34.1 Å². The normalized spacial score (nSPS) is 16.2. The maximum Gasteiger partial charge on any atom is 0.0727 e. The SMILES string of the molecule is CC1(C)c2ccccc2-c2cc(N(c3ccccc3)c3ccc4c(c3)C3(c5ccccc5-4)c4cc(N(c5ccccc5)c5ccccc5)c(-c5ccccc5)cc4-c4c(-c5ccc(C6CCCCC6)cc5)cccc43)ccc21. The standard InChI is InChI=1S/C76H60N2/c1-75(2)67-36-20-18-34-62(67)65-47-58(44-46-68(65)75)77(55-27-12-5-13-28-55)59-43-45-63-61-33-19-21-37-69(61)76(71(63)48-59)70-38-22-35-60(54-41-39-52(40-42-54)51-23-8-3-9-24-51)74(70)66-49-64(53-25-10-4-11-26-53)73(50-72(66)76)78(56-29-14-6-15-30-56)57-31-16-7-17-32-57/h4-7,10-22,25-51H,3,8-9,23-24H2,1-2H3. The van der Waals surface area contributed by atoms with Gasteiger partial charge in [0, 0.05) is 39.4 Å². The first-order chi connectivity index (χ1) is 38.5. The van der Waals surface area contributed by atoms with Crippen LogP contribution in [0.15, 0.2) is 261 Å². The van der Waals surface area contributed by atoms with Crippen molar-refractivity contribution >= 4 is 34.1 Å². The predicted molar refractivity (Wildman–Crippen MR) is 326 cm³/mol. The van der Waals surface area contributed by atoms with Gasteiger partial charge in [-0.3, -0.25) is 0 Å². The summed E-state index contributed by atoms with van der Waals surface area (Å²) in [6, 6.07) is 98.7. The minimum atomic E-state index is -0.684. The molecule has 0 saturated heterocycles. The maximum absolute atomic E-state index is 2.58. The number of anilines is 6. The summed E-state index contributed by atoms with van der Waals surface area (Å²) < 4.78 is 0. The molecule has 0 aliphatic heterocycles. The highest BCUT2D eigenvalue weighted by molar-refractivity contribution is 6.04. The number of fused-ring (bicyclic) bond motifs is 13. The van der Waals surface area contributed by atoms with Gasteiger partial charge in [-0.15, -0.1) is 0 Å². The molecule has 1 atom stereocenters. The summed E-state index contributed by atoms with van der Waals surface area (Å²) in [5.41, 5.74) is 28.0. The van der Waals surface area contributed by atoms with Gasteiger partial charge in [0.05, 0.1) is 11.1 Å². The van der Waals surface area contributed by atoms with Gasteiger partial charge >= 0.3 is 0 Å². The van der Waals surface area contributed by atoms with Crippen LogP contribution in [0.2, 0.25) is 0 Å². The van der Waals surface area contributed by atoms with Gasteiger partial charge in [-0.05, 0) is 181 Å². The molecule has 78 heavy (non-hydrogen) atoms. The van der Waals surface area contributed by atoms with E-state index in [1.165, 1.54) is 127 Å². The van der Waals surface area contributed by atoms with Crippen LogP contribution in [-0.4, -0.2) is 0 Å². The second kappa shape index (κ2) is 18.4. The Bertz CT molecular complexity index is 4040. The highest BCUT2D eigenvalue weighted by atomic mass is 15.1. The van der Waals surface area contributed by atoms with Gasteiger partial charge in [0.15, 0.2) is 0 Å². The lowest BCUT2D eigenvalue weighted by Crippen LogP contribution is -2.26. The molecule has 15 rings (SSSR count). The zero-order valence-electron chi connectivity index (χ0n) is 44.3. The molecule has 2 nitrogen and oxygen atoms in total. The van der Waals surface area contributed by atoms with Crippen molar-refractivity contribution in [1.29, 1.82) is 0 Å². The Labute approximate surface area is 459 Å². The molecule has 0 N–H and O–H groups in total. The Morgan fingerprint density at radius 3 is 1.49 bits per heavy atom. The minimum Gasteiger partial charge on any atom is -0.310 e. The summed E-state index contributed by atoms with van der Waals surface area (Å²) in [5.74, 6) is 0.637. The summed E-state index contributed by atoms with van der Waals surface area (Å²) in [4.78, 5) is 4.97. The number of rotatable bonds is 9. The summed E-state index contributed by atoms with van der Waals surface area (Å²) in [5, 5.41) is 0. The third kappa shape index (κ3) is 7.09. The number of hydrogen-bond donors (Lipinski definition) is 0. The highest BCUT2D eigenvalue weighted by Gasteiger charge is 2.53. The lowest BCUT2D eigenvalue weighted by molar-refractivity contribution is 0.443. The number of para-hydroxylation sites is 3. The fraction of sp³-hybridized carbons (Fsp3) is 0.132. The van der Waals surface area contributed by atoms with Crippen molar-refractivity contribution in [1.82, 2.24) is 0 Å². The van der Waals surface area contributed by atoms with E-state index in [1.807, 2.05) is 0 Å². The van der Waals surface area contributed by atoms with Gasteiger partial charge in [0.1, 0.15) is 0 Å². The van der Waals surface area contributed by atoms with Crippen molar-refractivity contribution in [2.24, 2.45) is 0 Å². The first-order valence-electron chi connectivity index (χ1n) is 28.2. The lowest BCUT2D eigenvalue weighted by Gasteiger charge is -2.34. The minimum absolute atomic E-state index is 0.0941. The summed E-state index contributed by atoms with van der Waals surface area (Å²) in [6.07, 6.45) is 6.56. The smallest absolute Gasteiger partial charge is 0.0727 e. The molecule has 4 aliphatic rings. The first kappa shape index (κ1) is 46.3. The topological polar surface area (TPSA) is 6.48 Å². The largest absolute Gasteiger partial charge is 0.310 e. The van der Waals surface area contributed by atoms with E-state index < -0.39 is 5.41 Å². The molecule has 0 radical (unpaired) electrons. The zero-order chi connectivity index (χ0) is 52.0. The third-order valence-corrected chi connectivity index (χ3v) is 18.1. The lowest BCUT2D eigenvalue weighted by atomic mass is 9.70. The fourth-order valence-electron chi connectivity index (χ4n) is 14.5. The van der Waals surface area contributed by atoms with E-state index in [-0.39, 0.29) is 5.41 Å². The molecule has 1 saturated carbocycles. The molecule has 4 aliphatic carbocycles. The van der Waals surface area contributed by atoms with Crippen LogP contribution >= 0.6 is 0 Å². The molecule has 0 amide bonds. The molecule has 11 aromatic carbocycles. The quantitative estimate of drug-likeness (QED) is 0.142. The molecule has 1 fully saturated rings. The molecular formula is C76H60N2. The average molecular weight is 1000 g/mol. The Morgan fingerprint density at radius 2 is 0.808 bits per heavy atom. The van der Waals surface area contributed by atoms with E-state index in [4.69, 9.17) is 0 Å². The van der Waals surface area contributed by atoms with Crippen LogP contribution in [0.5, 0.6) is 0 Å². The van der Waals surface area contributed by atoms with Crippen LogP contribution in [0.25, 0.3) is 55.6 Å². The Balaban J connectivity index is 1.02. The Kier molecular flexibility index (Phi) is 10.9. The monoisotopic (exact) mass is 1000 g/mol. The molecule has 374 valence electrons. The van der Waals surface area contributed by atoms with E-state index in [1.54, 1.807) is 0 Å². The van der Waals surface area contributed by atoms with Crippen molar-refractivity contribution in [2.75, 3.05) is 9.80 Å². The Morgan fingerprint density at radius 1 is 0.308 bits per heavy atom. The molecule has 0 aromatic heterocycles. The highest BCUT2D eigenvalue weighted by Crippen LogP contribution is 2.66. The molecule has 11 aromatic rings. The van der Waals surface area contributed by atoms with E-state index in [0.29, 0.717) is 5.92 Å². The molecular weight excluding hydrogens is 941 g/mol. The van der Waals surface area contributed by atoms with Crippen LogP contribution in [0, 0.1) is 0 Å². The number of hydrogen-bond acceptors (Lipinski definition) is 2. The van der Waals surface area contributed by atoms with Crippen molar-refractivity contribution in [3.8, 4) is 55.6 Å². The second-order valence-corrected chi connectivity index (χ2v) is 22.6. The van der Waals surface area contributed by atoms with E-state index in [2.05, 4.69) is 285 Å². The maximum atomic E-state index is 2.58. The first-order valence-corrected chi connectivity index (χ1v) is 28.2. The van der Waals surface area contributed by atoms with Crippen LogP contribution in [0.1, 0.15) is 90.8 Å². The number of nitrogens with zero attached hydrogens (tertiary/aromatic N) is 2. The number of benzene rings is 11. The van der Waals surface area contributed by atoms with Crippen molar-refractivity contribution in [2.45, 2.75) is 62.7 Å². The second-order valence-electron chi connectivity index (χ2n) is 22.6. The Hall–Kier alpha value is -8.98. The van der Waals surface area contributed by atoms with Crippen molar-refractivity contribution in [3.63, 3.8) is 0 Å². The van der Waals surface area contributed by atoms with Gasteiger partial charge in [-0.25, -0.2) is 0 Å². The summed E-state index contributed by atoms with van der Waals surface area (Å²) in [7, 11) is 0. The third-order valence-electron chi connectivity index (χ3n) is 18.1. The van der Waals surface area contributed by atoms with E-state index in [9.17, 15) is 0 Å². The van der Waals surface area contributed by atoms with Gasteiger partial charge in [0.2, 0.25) is 0 Å². The van der Waals surface area contributed by atoms with Crippen molar-refractivity contribution in [3.05, 3.63) is 300 Å². The van der Waals surface area contributed by atoms with Crippen LogP contribution in [0.3, 0.4) is 0 Å². The van der Waals surface area contributed by atoms with Gasteiger partial charge in [-0.2, -0.15) is 0 Å². The predicted octanol–water partition coefficient (Wildman–Crippen LogP) is 20.7. The van der Waals surface area contributed by atoms with Gasteiger partial charge < -0.3 is 9.80 Å². The molecule has 2 heteroatoms. The average Bonchev–Trinajstić information content (AvgIpc) is 4.15. The summed E-state index contributed by atoms with van der Waals surface area (Å²) in [6.45, 7) is 4.73. The van der Waals surface area contributed by atoms with Crippen LogP contribution in [0.4, 0.5) is 34.1 Å². The molecule has 1 unspecified atom stereocenters. The zero-order valence-corrected chi connectivity index (χ0v) is 44.3.